The number of benzene rings is 1. The van der Waals surface area contributed by atoms with Crippen molar-refractivity contribution in [3.8, 4) is 5.75 Å². The molecular formula is C14H19NO. The average Bonchev–Trinajstić information content (AvgIpc) is 2.42. The number of hydrogen-bond acceptors (Lipinski definition) is 2. The van der Waals surface area contributed by atoms with Gasteiger partial charge in [-0.3, -0.25) is 4.99 Å². The minimum atomic E-state index is 0.333. The summed E-state index contributed by atoms with van der Waals surface area (Å²) in [6.45, 7) is 0.936. The molecule has 0 radical (unpaired) electrons. The first-order valence-corrected chi connectivity index (χ1v) is 6.19. The van der Waals surface area contributed by atoms with Gasteiger partial charge in [0.05, 0.1) is 0 Å². The normalized spacial score (nSPS) is 18.1. The molecule has 2 nitrogen and oxygen atoms in total. The number of rotatable bonds is 1. The van der Waals surface area contributed by atoms with Crippen LogP contribution >= 0.6 is 0 Å². The lowest BCUT2D eigenvalue weighted by atomic mass is 10.0. The van der Waals surface area contributed by atoms with E-state index < -0.39 is 0 Å². The molecule has 86 valence electrons. The van der Waals surface area contributed by atoms with Crippen LogP contribution in [0, 0.1) is 0 Å². The number of phenols is 1. The Bertz CT molecular complexity index is 371. The molecule has 1 aliphatic heterocycles. The first-order valence-electron chi connectivity index (χ1n) is 6.19. The Morgan fingerprint density at radius 1 is 1.00 bits per heavy atom. The van der Waals surface area contributed by atoms with Gasteiger partial charge in [0.1, 0.15) is 5.75 Å². The molecule has 2 heteroatoms. The smallest absolute Gasteiger partial charge is 0.116 e. The number of phenolic OH excluding ortho intramolecular Hbond substituents is 1. The van der Waals surface area contributed by atoms with Gasteiger partial charge in [-0.25, -0.2) is 0 Å². The Morgan fingerprint density at radius 2 is 1.81 bits per heavy atom. The monoisotopic (exact) mass is 217 g/mol. The van der Waals surface area contributed by atoms with Crippen molar-refractivity contribution < 1.29 is 5.11 Å². The zero-order chi connectivity index (χ0) is 11.2. The number of aromatic hydroxyl groups is 1. The van der Waals surface area contributed by atoms with Crippen molar-refractivity contribution in [3.63, 3.8) is 0 Å². The molecule has 0 unspecified atom stereocenters. The molecule has 0 aliphatic carbocycles. The van der Waals surface area contributed by atoms with E-state index in [4.69, 9.17) is 0 Å². The van der Waals surface area contributed by atoms with E-state index in [-0.39, 0.29) is 0 Å². The van der Waals surface area contributed by atoms with Crippen molar-refractivity contribution in [3.05, 3.63) is 29.8 Å². The van der Waals surface area contributed by atoms with Gasteiger partial charge in [-0.1, -0.05) is 31.4 Å². The Balaban J connectivity index is 2.16. The molecule has 1 heterocycles. The Morgan fingerprint density at radius 3 is 2.69 bits per heavy atom. The van der Waals surface area contributed by atoms with Crippen LogP contribution < -0.4 is 0 Å². The Kier molecular flexibility index (Phi) is 3.97. The summed E-state index contributed by atoms with van der Waals surface area (Å²) in [5.74, 6) is 0.333. The topological polar surface area (TPSA) is 32.6 Å². The summed E-state index contributed by atoms with van der Waals surface area (Å²) in [6, 6.07) is 7.45. The van der Waals surface area contributed by atoms with Gasteiger partial charge < -0.3 is 5.11 Å². The first kappa shape index (κ1) is 11.2. The molecule has 0 aromatic heterocycles. The van der Waals surface area contributed by atoms with Crippen molar-refractivity contribution in [2.75, 3.05) is 6.54 Å². The second-order valence-corrected chi connectivity index (χ2v) is 4.40. The maximum absolute atomic E-state index is 9.47. The van der Waals surface area contributed by atoms with E-state index in [0.29, 0.717) is 5.75 Å². The van der Waals surface area contributed by atoms with Crippen LogP contribution in [0.2, 0.25) is 0 Å². The van der Waals surface area contributed by atoms with Crippen molar-refractivity contribution in [2.24, 2.45) is 4.99 Å². The summed E-state index contributed by atoms with van der Waals surface area (Å²) >= 11 is 0. The van der Waals surface area contributed by atoms with Crippen LogP contribution in [0.25, 0.3) is 0 Å². The van der Waals surface area contributed by atoms with Crippen molar-refractivity contribution >= 4 is 5.71 Å². The molecule has 1 aromatic carbocycles. The van der Waals surface area contributed by atoms with Gasteiger partial charge in [-0.05, 0) is 37.0 Å². The van der Waals surface area contributed by atoms with E-state index in [0.717, 1.165) is 24.2 Å². The average molecular weight is 217 g/mol. The van der Waals surface area contributed by atoms with Crippen LogP contribution in [0.5, 0.6) is 5.75 Å². The quantitative estimate of drug-likeness (QED) is 0.766. The maximum Gasteiger partial charge on any atom is 0.116 e. The lowest BCUT2D eigenvalue weighted by molar-refractivity contribution is 0.475. The first-order chi connectivity index (χ1) is 7.86. The Hall–Kier alpha value is -1.31. The molecule has 2 rings (SSSR count). The zero-order valence-corrected chi connectivity index (χ0v) is 9.65. The van der Waals surface area contributed by atoms with E-state index in [2.05, 4.69) is 4.99 Å². The summed E-state index contributed by atoms with van der Waals surface area (Å²) in [5.41, 5.74) is 2.25. The molecule has 1 aliphatic rings. The third kappa shape index (κ3) is 3.09. The van der Waals surface area contributed by atoms with E-state index >= 15 is 0 Å². The third-order valence-corrected chi connectivity index (χ3v) is 3.05. The molecule has 0 saturated heterocycles. The third-order valence-electron chi connectivity index (χ3n) is 3.05. The highest BCUT2D eigenvalue weighted by Gasteiger charge is 2.06. The van der Waals surface area contributed by atoms with Crippen LogP contribution in [0.3, 0.4) is 0 Å². The van der Waals surface area contributed by atoms with Crippen molar-refractivity contribution in [2.45, 2.75) is 38.5 Å². The highest BCUT2D eigenvalue weighted by atomic mass is 16.3. The molecule has 1 N–H and O–H groups in total. The van der Waals surface area contributed by atoms with Gasteiger partial charge in [0.25, 0.3) is 0 Å². The lowest BCUT2D eigenvalue weighted by Gasteiger charge is -2.06. The largest absolute Gasteiger partial charge is 0.508 e. The molecule has 0 spiro atoms. The highest BCUT2D eigenvalue weighted by Crippen LogP contribution is 2.17. The lowest BCUT2D eigenvalue weighted by Crippen LogP contribution is -2.01. The molecule has 0 atom stereocenters. The van der Waals surface area contributed by atoms with Gasteiger partial charge >= 0.3 is 0 Å². The molecule has 0 saturated carbocycles. The standard InChI is InChI=1S/C14H19NO/c16-13-8-6-7-12(11-13)14-9-4-2-1-3-5-10-15-14/h6-8,11,16H,1-5,9-10H2. The van der Waals surface area contributed by atoms with Gasteiger partial charge in [-0.2, -0.15) is 0 Å². The second kappa shape index (κ2) is 5.69. The fraction of sp³-hybridized carbons (Fsp3) is 0.500. The number of nitrogens with zero attached hydrogens (tertiary/aromatic N) is 1. The minimum Gasteiger partial charge on any atom is -0.508 e. The predicted octanol–water partition coefficient (Wildman–Crippen LogP) is 3.54. The van der Waals surface area contributed by atoms with E-state index in [9.17, 15) is 5.11 Å². The van der Waals surface area contributed by atoms with Crippen molar-refractivity contribution in [1.82, 2.24) is 0 Å². The van der Waals surface area contributed by atoms with Crippen LogP contribution in [0.1, 0.15) is 44.1 Å². The van der Waals surface area contributed by atoms with Crippen LogP contribution in [0.4, 0.5) is 0 Å². The fourth-order valence-electron chi connectivity index (χ4n) is 2.15. The van der Waals surface area contributed by atoms with Gasteiger partial charge in [0, 0.05) is 12.3 Å². The SMILES string of the molecule is Oc1cccc(C2=NCCCCCCC2)c1. The molecule has 0 fully saturated rings. The minimum absolute atomic E-state index is 0.333. The highest BCUT2D eigenvalue weighted by molar-refractivity contribution is 6.00. The van der Waals surface area contributed by atoms with Crippen LogP contribution in [0.15, 0.2) is 29.3 Å². The van der Waals surface area contributed by atoms with Crippen LogP contribution in [-0.2, 0) is 0 Å². The number of hydrogen-bond donors (Lipinski definition) is 1. The van der Waals surface area contributed by atoms with Crippen LogP contribution in [-0.4, -0.2) is 17.4 Å². The van der Waals surface area contributed by atoms with E-state index in [1.165, 1.54) is 32.1 Å². The number of aliphatic imine (C=N–C) groups is 1. The maximum atomic E-state index is 9.47. The summed E-state index contributed by atoms with van der Waals surface area (Å²) in [5, 5.41) is 9.47. The molecule has 16 heavy (non-hydrogen) atoms. The summed E-state index contributed by atoms with van der Waals surface area (Å²) in [4.78, 5) is 4.66. The fourth-order valence-corrected chi connectivity index (χ4v) is 2.15. The second-order valence-electron chi connectivity index (χ2n) is 4.40. The molecule has 0 amide bonds. The summed E-state index contributed by atoms with van der Waals surface area (Å²) in [6.07, 6.45) is 7.40. The van der Waals surface area contributed by atoms with E-state index in [1.807, 2.05) is 18.2 Å². The summed E-state index contributed by atoms with van der Waals surface area (Å²) < 4.78 is 0. The predicted molar refractivity (Wildman–Crippen MR) is 67.2 cm³/mol. The molecule has 1 aromatic rings. The van der Waals surface area contributed by atoms with E-state index in [1.54, 1.807) is 6.07 Å². The van der Waals surface area contributed by atoms with Gasteiger partial charge in [0.2, 0.25) is 0 Å². The zero-order valence-electron chi connectivity index (χ0n) is 9.65. The Labute approximate surface area is 97.0 Å². The molecular weight excluding hydrogens is 198 g/mol. The van der Waals surface area contributed by atoms with Crippen molar-refractivity contribution in [1.29, 1.82) is 0 Å². The molecule has 0 bridgehead atoms. The van der Waals surface area contributed by atoms with Gasteiger partial charge in [-0.15, -0.1) is 0 Å². The van der Waals surface area contributed by atoms with Gasteiger partial charge in [0.15, 0.2) is 0 Å². The summed E-state index contributed by atoms with van der Waals surface area (Å²) in [7, 11) is 0.